The first-order valence-electron chi connectivity index (χ1n) is 4.94. The van der Waals surface area contributed by atoms with Crippen LogP contribution in [0, 0.1) is 0 Å². The maximum absolute atomic E-state index is 5.88. The van der Waals surface area contributed by atoms with Crippen LogP contribution < -0.4 is 25.7 Å². The Morgan fingerprint density at radius 2 is 1.56 bits per heavy atom. The van der Waals surface area contributed by atoms with E-state index in [1.165, 1.54) is 0 Å². The first-order valence-corrected chi connectivity index (χ1v) is 4.94. The lowest BCUT2D eigenvalue weighted by Crippen LogP contribution is -2.21. The second-order valence-corrected chi connectivity index (χ2v) is 3.27. The first-order chi connectivity index (χ1) is 7.69. The van der Waals surface area contributed by atoms with Gasteiger partial charge < -0.3 is 25.7 Å². The van der Waals surface area contributed by atoms with E-state index in [4.69, 9.17) is 25.7 Å². The summed E-state index contributed by atoms with van der Waals surface area (Å²) in [4.78, 5) is 0. The molecule has 0 spiro atoms. The van der Waals surface area contributed by atoms with Gasteiger partial charge in [-0.15, -0.1) is 24.8 Å². The van der Waals surface area contributed by atoms with Crippen LogP contribution in [0.25, 0.3) is 0 Å². The monoisotopic (exact) mass is 298 g/mol. The van der Waals surface area contributed by atoms with Crippen molar-refractivity contribution >= 4 is 24.8 Å². The number of halogens is 2. The smallest absolute Gasteiger partial charge is 0.203 e. The van der Waals surface area contributed by atoms with Gasteiger partial charge in [0.1, 0.15) is 0 Å². The summed E-state index contributed by atoms with van der Waals surface area (Å²) in [6, 6.07) is 3.33. The summed E-state index contributed by atoms with van der Waals surface area (Å²) in [6.07, 6.45) is 0. The SMILES string of the molecule is COc1ccc([C@@H](N)CN)c(OC)c1OC.Cl.Cl. The molecule has 106 valence electrons. The molecular formula is C11H20Cl2N2O3. The number of methoxy groups -OCH3 is 3. The third-order valence-corrected chi connectivity index (χ3v) is 2.39. The summed E-state index contributed by atoms with van der Waals surface area (Å²) in [5.41, 5.74) is 12.2. The Balaban J connectivity index is 0. The predicted octanol–water partition coefficient (Wildman–Crippen LogP) is 1.51. The van der Waals surface area contributed by atoms with Crippen LogP contribution in [-0.4, -0.2) is 27.9 Å². The van der Waals surface area contributed by atoms with Gasteiger partial charge >= 0.3 is 0 Å². The Bertz CT molecular complexity index is 364. The van der Waals surface area contributed by atoms with Crippen molar-refractivity contribution in [3.63, 3.8) is 0 Å². The molecule has 0 bridgehead atoms. The summed E-state index contributed by atoms with van der Waals surface area (Å²) in [6.45, 7) is 0.339. The lowest BCUT2D eigenvalue weighted by molar-refractivity contribution is 0.321. The number of benzene rings is 1. The van der Waals surface area contributed by atoms with E-state index in [0.717, 1.165) is 5.56 Å². The van der Waals surface area contributed by atoms with Crippen molar-refractivity contribution in [1.29, 1.82) is 0 Å². The third-order valence-electron chi connectivity index (χ3n) is 2.39. The Hall–Kier alpha value is -0.880. The molecule has 7 heteroatoms. The second kappa shape index (κ2) is 9.10. The molecule has 1 aromatic carbocycles. The largest absolute Gasteiger partial charge is 0.493 e. The highest BCUT2D eigenvalue weighted by atomic mass is 35.5. The summed E-state index contributed by atoms with van der Waals surface area (Å²) in [5, 5.41) is 0. The lowest BCUT2D eigenvalue weighted by Gasteiger charge is -2.18. The second-order valence-electron chi connectivity index (χ2n) is 3.27. The molecule has 0 aliphatic heterocycles. The van der Waals surface area contributed by atoms with Gasteiger partial charge in [0.15, 0.2) is 11.5 Å². The molecule has 0 aromatic heterocycles. The average molecular weight is 299 g/mol. The van der Waals surface area contributed by atoms with Crippen molar-refractivity contribution in [3.8, 4) is 17.2 Å². The van der Waals surface area contributed by atoms with Crippen molar-refractivity contribution < 1.29 is 14.2 Å². The van der Waals surface area contributed by atoms with Crippen LogP contribution in [0.4, 0.5) is 0 Å². The molecule has 0 radical (unpaired) electrons. The molecular weight excluding hydrogens is 279 g/mol. The predicted molar refractivity (Wildman–Crippen MR) is 76.6 cm³/mol. The number of rotatable bonds is 5. The van der Waals surface area contributed by atoms with Gasteiger partial charge in [0.25, 0.3) is 0 Å². The van der Waals surface area contributed by atoms with E-state index in [-0.39, 0.29) is 30.9 Å². The van der Waals surface area contributed by atoms with Gasteiger partial charge in [0.05, 0.1) is 21.3 Å². The van der Waals surface area contributed by atoms with Crippen molar-refractivity contribution in [2.45, 2.75) is 6.04 Å². The standard InChI is InChI=1S/C11H18N2O3.2ClH/c1-14-9-5-4-7(8(13)6-12)10(15-2)11(9)16-3;;/h4-5,8H,6,12-13H2,1-3H3;2*1H/t8-;;/m0../s1. The van der Waals surface area contributed by atoms with Gasteiger partial charge in [0.2, 0.25) is 5.75 Å². The molecule has 0 aliphatic carbocycles. The zero-order chi connectivity index (χ0) is 12.1. The van der Waals surface area contributed by atoms with E-state index >= 15 is 0 Å². The fourth-order valence-corrected chi connectivity index (χ4v) is 1.54. The number of hydrogen-bond donors (Lipinski definition) is 2. The zero-order valence-electron chi connectivity index (χ0n) is 10.6. The van der Waals surface area contributed by atoms with E-state index < -0.39 is 0 Å². The minimum atomic E-state index is -0.283. The topological polar surface area (TPSA) is 79.7 Å². The van der Waals surface area contributed by atoms with E-state index in [9.17, 15) is 0 Å². The van der Waals surface area contributed by atoms with Crippen LogP contribution >= 0.6 is 24.8 Å². The summed E-state index contributed by atoms with van der Waals surface area (Å²) in [7, 11) is 4.68. The maximum atomic E-state index is 5.88. The molecule has 0 fully saturated rings. The van der Waals surface area contributed by atoms with E-state index in [1.54, 1.807) is 27.4 Å². The van der Waals surface area contributed by atoms with Gasteiger partial charge in [-0.2, -0.15) is 0 Å². The van der Waals surface area contributed by atoms with Crippen molar-refractivity contribution in [3.05, 3.63) is 17.7 Å². The molecule has 0 heterocycles. The van der Waals surface area contributed by atoms with Gasteiger partial charge in [-0.05, 0) is 12.1 Å². The van der Waals surface area contributed by atoms with Gasteiger partial charge in [-0.25, -0.2) is 0 Å². The Morgan fingerprint density at radius 1 is 1.00 bits per heavy atom. The lowest BCUT2D eigenvalue weighted by atomic mass is 10.1. The van der Waals surface area contributed by atoms with Gasteiger partial charge in [0, 0.05) is 18.2 Å². The van der Waals surface area contributed by atoms with Crippen LogP contribution in [0.2, 0.25) is 0 Å². The molecule has 1 rings (SSSR count). The van der Waals surface area contributed by atoms with Crippen LogP contribution in [0.1, 0.15) is 11.6 Å². The fourth-order valence-electron chi connectivity index (χ4n) is 1.54. The molecule has 4 N–H and O–H groups in total. The Morgan fingerprint density at radius 3 is 1.94 bits per heavy atom. The van der Waals surface area contributed by atoms with E-state index in [0.29, 0.717) is 23.8 Å². The molecule has 0 aliphatic rings. The van der Waals surface area contributed by atoms with E-state index in [1.807, 2.05) is 6.07 Å². The Labute approximate surface area is 120 Å². The first kappa shape index (κ1) is 19.5. The van der Waals surface area contributed by atoms with Crippen molar-refractivity contribution in [2.24, 2.45) is 11.5 Å². The number of hydrogen-bond acceptors (Lipinski definition) is 5. The summed E-state index contributed by atoms with van der Waals surface area (Å²) >= 11 is 0. The van der Waals surface area contributed by atoms with Crippen LogP contribution in [0.3, 0.4) is 0 Å². The average Bonchev–Trinajstić information content (AvgIpc) is 2.35. The normalized spacial score (nSPS) is 10.7. The van der Waals surface area contributed by atoms with Gasteiger partial charge in [-0.1, -0.05) is 0 Å². The highest BCUT2D eigenvalue weighted by molar-refractivity contribution is 5.85. The molecule has 0 saturated carbocycles. The van der Waals surface area contributed by atoms with Crippen molar-refractivity contribution in [1.82, 2.24) is 0 Å². The van der Waals surface area contributed by atoms with E-state index in [2.05, 4.69) is 0 Å². The third kappa shape index (κ3) is 3.81. The molecule has 5 nitrogen and oxygen atoms in total. The molecule has 0 amide bonds. The minimum absolute atomic E-state index is 0. The molecule has 0 unspecified atom stereocenters. The molecule has 18 heavy (non-hydrogen) atoms. The minimum Gasteiger partial charge on any atom is -0.493 e. The highest BCUT2D eigenvalue weighted by Crippen LogP contribution is 2.41. The van der Waals surface area contributed by atoms with Crippen LogP contribution in [-0.2, 0) is 0 Å². The number of nitrogens with two attached hydrogens (primary N) is 2. The Kier molecular flexibility index (Phi) is 9.84. The molecule has 0 saturated heterocycles. The number of ether oxygens (including phenoxy) is 3. The summed E-state index contributed by atoms with van der Waals surface area (Å²) < 4.78 is 15.7. The highest BCUT2D eigenvalue weighted by Gasteiger charge is 2.18. The fraction of sp³-hybridized carbons (Fsp3) is 0.455. The zero-order valence-corrected chi connectivity index (χ0v) is 12.3. The maximum Gasteiger partial charge on any atom is 0.203 e. The van der Waals surface area contributed by atoms with Crippen LogP contribution in [0.5, 0.6) is 17.2 Å². The molecule has 1 aromatic rings. The quantitative estimate of drug-likeness (QED) is 0.861. The molecule has 1 atom stereocenters. The summed E-state index contributed by atoms with van der Waals surface area (Å²) in [5.74, 6) is 1.71. The van der Waals surface area contributed by atoms with Crippen LogP contribution in [0.15, 0.2) is 12.1 Å². The van der Waals surface area contributed by atoms with Crippen molar-refractivity contribution in [2.75, 3.05) is 27.9 Å². The van der Waals surface area contributed by atoms with Gasteiger partial charge in [-0.3, -0.25) is 0 Å².